The second-order valence-electron chi connectivity index (χ2n) is 4.47. The SMILES string of the molecule is O=C1CCCC(C(=O)c2ccccc2[N+](=O)[O-])C1. The maximum Gasteiger partial charge on any atom is 0.280 e. The first kappa shape index (κ1) is 12.4. The quantitative estimate of drug-likeness (QED) is 0.467. The van der Waals surface area contributed by atoms with Crippen LogP contribution in [0.25, 0.3) is 0 Å². The predicted molar refractivity (Wildman–Crippen MR) is 64.4 cm³/mol. The van der Waals surface area contributed by atoms with E-state index in [0.717, 1.165) is 0 Å². The molecule has 0 aromatic heterocycles. The van der Waals surface area contributed by atoms with Crippen molar-refractivity contribution in [3.8, 4) is 0 Å². The van der Waals surface area contributed by atoms with Crippen LogP contribution in [0.5, 0.6) is 0 Å². The summed E-state index contributed by atoms with van der Waals surface area (Å²) in [5.74, 6) is -0.610. The van der Waals surface area contributed by atoms with Crippen LogP contribution in [-0.2, 0) is 4.79 Å². The zero-order chi connectivity index (χ0) is 13.1. The molecule has 18 heavy (non-hydrogen) atoms. The molecule has 1 aromatic carbocycles. The monoisotopic (exact) mass is 247 g/mol. The van der Waals surface area contributed by atoms with Gasteiger partial charge in [-0.1, -0.05) is 12.1 Å². The number of nitrogens with zero attached hydrogens (tertiary/aromatic N) is 1. The Morgan fingerprint density at radius 2 is 2.06 bits per heavy atom. The third-order valence-corrected chi connectivity index (χ3v) is 3.22. The number of carbonyl (C=O) groups is 2. The van der Waals surface area contributed by atoms with Crippen LogP contribution >= 0.6 is 0 Å². The van der Waals surface area contributed by atoms with Crippen molar-refractivity contribution < 1.29 is 14.5 Å². The molecule has 1 aromatic rings. The Kier molecular flexibility index (Phi) is 3.50. The van der Waals surface area contributed by atoms with E-state index >= 15 is 0 Å². The van der Waals surface area contributed by atoms with Gasteiger partial charge >= 0.3 is 0 Å². The number of ketones is 2. The number of hydrogen-bond acceptors (Lipinski definition) is 4. The number of para-hydroxylation sites is 1. The van der Waals surface area contributed by atoms with Crippen molar-refractivity contribution in [1.29, 1.82) is 0 Å². The molecule has 0 aliphatic heterocycles. The summed E-state index contributed by atoms with van der Waals surface area (Å²) in [6.07, 6.45) is 2.05. The van der Waals surface area contributed by atoms with Crippen molar-refractivity contribution >= 4 is 17.3 Å². The van der Waals surface area contributed by atoms with E-state index in [2.05, 4.69) is 0 Å². The lowest BCUT2D eigenvalue weighted by molar-refractivity contribution is -0.385. The Hall–Kier alpha value is -2.04. The fraction of sp³-hybridized carbons (Fsp3) is 0.385. The summed E-state index contributed by atoms with van der Waals surface area (Å²) < 4.78 is 0. The highest BCUT2D eigenvalue weighted by Gasteiger charge is 2.30. The van der Waals surface area contributed by atoms with Crippen LogP contribution in [0.3, 0.4) is 0 Å². The summed E-state index contributed by atoms with van der Waals surface area (Å²) in [7, 11) is 0. The molecular formula is C13H13NO4. The molecule has 1 aliphatic carbocycles. The zero-order valence-corrected chi connectivity index (χ0v) is 9.80. The zero-order valence-electron chi connectivity index (χ0n) is 9.80. The number of hydrogen-bond donors (Lipinski definition) is 0. The van der Waals surface area contributed by atoms with Crippen molar-refractivity contribution in [1.82, 2.24) is 0 Å². The predicted octanol–water partition coefficient (Wildman–Crippen LogP) is 2.54. The third-order valence-electron chi connectivity index (χ3n) is 3.22. The van der Waals surface area contributed by atoms with E-state index in [0.29, 0.717) is 19.3 Å². The van der Waals surface area contributed by atoms with E-state index in [1.807, 2.05) is 0 Å². The Labute approximate surface area is 104 Å². The second-order valence-corrected chi connectivity index (χ2v) is 4.47. The van der Waals surface area contributed by atoms with Gasteiger partial charge in [0.2, 0.25) is 0 Å². The van der Waals surface area contributed by atoms with Crippen LogP contribution in [0.1, 0.15) is 36.0 Å². The molecule has 1 aliphatic rings. The maximum atomic E-state index is 12.2. The van der Waals surface area contributed by atoms with Crippen molar-refractivity contribution in [2.24, 2.45) is 5.92 Å². The van der Waals surface area contributed by atoms with Gasteiger partial charge in [-0.2, -0.15) is 0 Å². The minimum Gasteiger partial charge on any atom is -0.300 e. The summed E-state index contributed by atoms with van der Waals surface area (Å²) in [6, 6.07) is 5.91. The fourth-order valence-electron chi connectivity index (χ4n) is 2.31. The number of Topliss-reactive ketones (excluding diaryl/α,β-unsaturated/α-hetero) is 2. The van der Waals surface area contributed by atoms with Gasteiger partial charge in [0.1, 0.15) is 5.78 Å². The lowest BCUT2D eigenvalue weighted by atomic mass is 9.83. The minimum absolute atomic E-state index is 0.0678. The van der Waals surface area contributed by atoms with E-state index in [1.165, 1.54) is 18.2 Å². The van der Waals surface area contributed by atoms with Gasteiger partial charge in [-0.3, -0.25) is 19.7 Å². The Morgan fingerprint density at radius 1 is 1.33 bits per heavy atom. The Bertz CT molecular complexity index is 509. The molecule has 1 unspecified atom stereocenters. The lowest BCUT2D eigenvalue weighted by Gasteiger charge is -2.19. The maximum absolute atomic E-state index is 12.2. The first-order valence-electron chi connectivity index (χ1n) is 5.89. The first-order valence-corrected chi connectivity index (χ1v) is 5.89. The average molecular weight is 247 g/mol. The number of benzene rings is 1. The normalized spacial score (nSPS) is 19.6. The van der Waals surface area contributed by atoms with E-state index in [4.69, 9.17) is 0 Å². The molecule has 0 spiro atoms. The van der Waals surface area contributed by atoms with Gasteiger partial charge in [-0.05, 0) is 18.9 Å². The highest BCUT2D eigenvalue weighted by Crippen LogP contribution is 2.28. The van der Waals surface area contributed by atoms with Gasteiger partial charge in [0.25, 0.3) is 5.69 Å². The van der Waals surface area contributed by atoms with Crippen LogP contribution in [0.2, 0.25) is 0 Å². The van der Waals surface area contributed by atoms with Crippen LogP contribution in [0.15, 0.2) is 24.3 Å². The summed E-state index contributed by atoms with van der Waals surface area (Å²) in [4.78, 5) is 33.9. The third kappa shape index (κ3) is 2.45. The number of carbonyl (C=O) groups excluding carboxylic acids is 2. The summed E-state index contributed by atoms with van der Waals surface area (Å²) in [6.45, 7) is 0. The lowest BCUT2D eigenvalue weighted by Crippen LogP contribution is -2.23. The number of rotatable bonds is 3. The highest BCUT2D eigenvalue weighted by molar-refractivity contribution is 6.03. The molecule has 0 amide bonds. The van der Waals surface area contributed by atoms with Gasteiger partial charge in [0, 0.05) is 24.8 Å². The van der Waals surface area contributed by atoms with E-state index in [1.54, 1.807) is 6.07 Å². The molecule has 0 heterocycles. The molecule has 1 fully saturated rings. The van der Waals surface area contributed by atoms with Gasteiger partial charge < -0.3 is 0 Å². The second kappa shape index (κ2) is 5.08. The molecule has 5 nitrogen and oxygen atoms in total. The minimum atomic E-state index is -0.558. The smallest absolute Gasteiger partial charge is 0.280 e. The van der Waals surface area contributed by atoms with Crippen LogP contribution in [0.4, 0.5) is 5.69 Å². The van der Waals surface area contributed by atoms with Crippen molar-refractivity contribution in [3.05, 3.63) is 39.9 Å². The largest absolute Gasteiger partial charge is 0.300 e. The standard InChI is InChI=1S/C13H13NO4/c15-10-5-3-4-9(8-10)13(16)11-6-1-2-7-12(11)14(17)18/h1-2,6-7,9H,3-5,8H2. The molecule has 1 saturated carbocycles. The fourth-order valence-corrected chi connectivity index (χ4v) is 2.31. The van der Waals surface area contributed by atoms with Crippen molar-refractivity contribution in [2.75, 3.05) is 0 Å². The van der Waals surface area contributed by atoms with E-state index < -0.39 is 10.8 Å². The van der Waals surface area contributed by atoms with Gasteiger partial charge in [0.05, 0.1) is 10.5 Å². The van der Waals surface area contributed by atoms with Crippen LogP contribution < -0.4 is 0 Å². The van der Waals surface area contributed by atoms with E-state index in [-0.39, 0.29) is 29.2 Å². The average Bonchev–Trinajstić information content (AvgIpc) is 2.38. The summed E-state index contributed by atoms with van der Waals surface area (Å²) in [5.41, 5.74) is -0.0669. The van der Waals surface area contributed by atoms with Gasteiger partial charge in [-0.25, -0.2) is 0 Å². The molecular weight excluding hydrogens is 234 g/mol. The molecule has 94 valence electrons. The molecule has 0 bridgehead atoms. The summed E-state index contributed by atoms with van der Waals surface area (Å²) in [5, 5.41) is 10.9. The van der Waals surface area contributed by atoms with Gasteiger partial charge in [-0.15, -0.1) is 0 Å². The molecule has 5 heteroatoms. The molecule has 1 atom stereocenters. The molecule has 2 rings (SSSR count). The van der Waals surface area contributed by atoms with Crippen LogP contribution in [0, 0.1) is 16.0 Å². The first-order chi connectivity index (χ1) is 8.59. The Balaban J connectivity index is 2.28. The van der Waals surface area contributed by atoms with E-state index in [9.17, 15) is 19.7 Å². The number of nitro groups is 1. The van der Waals surface area contributed by atoms with Crippen molar-refractivity contribution in [2.45, 2.75) is 25.7 Å². The molecule has 0 radical (unpaired) electrons. The highest BCUT2D eigenvalue weighted by atomic mass is 16.6. The molecule has 0 saturated heterocycles. The Morgan fingerprint density at radius 3 is 2.72 bits per heavy atom. The van der Waals surface area contributed by atoms with Gasteiger partial charge in [0.15, 0.2) is 5.78 Å². The topological polar surface area (TPSA) is 77.3 Å². The van der Waals surface area contributed by atoms with Crippen molar-refractivity contribution in [3.63, 3.8) is 0 Å². The number of nitro benzene ring substituents is 1. The molecule has 0 N–H and O–H groups in total. The summed E-state index contributed by atoms with van der Waals surface area (Å²) >= 11 is 0. The van der Waals surface area contributed by atoms with Crippen LogP contribution in [-0.4, -0.2) is 16.5 Å².